The first-order chi connectivity index (χ1) is 6.68. The Labute approximate surface area is 80.3 Å². The average molecular weight is 190 g/mol. The molecule has 1 aromatic carbocycles. The fourth-order valence-corrected chi connectivity index (χ4v) is 1.35. The highest BCUT2D eigenvalue weighted by Crippen LogP contribution is 2.25. The molecule has 5 nitrogen and oxygen atoms in total. The van der Waals surface area contributed by atoms with Crippen LogP contribution in [0.5, 0.6) is 0 Å². The van der Waals surface area contributed by atoms with Crippen molar-refractivity contribution in [3.05, 3.63) is 18.3 Å². The quantitative estimate of drug-likeness (QED) is 0.589. The van der Waals surface area contributed by atoms with Gasteiger partial charge >= 0.3 is 0 Å². The number of carbonyl (C=O) groups is 1. The Hall–Kier alpha value is -2.04. The molecule has 0 bridgehead atoms. The Morgan fingerprint density at radius 1 is 1.57 bits per heavy atom. The summed E-state index contributed by atoms with van der Waals surface area (Å²) in [4.78, 5) is 10.9. The molecule has 0 fully saturated rings. The maximum Gasteiger partial charge on any atom is 0.221 e. The van der Waals surface area contributed by atoms with E-state index in [1.165, 1.54) is 6.92 Å². The molecule has 2 rings (SSSR count). The molecule has 0 radical (unpaired) electrons. The number of aromatic nitrogens is 2. The molecule has 2 aromatic rings. The van der Waals surface area contributed by atoms with Gasteiger partial charge in [0.1, 0.15) is 0 Å². The van der Waals surface area contributed by atoms with Gasteiger partial charge in [0.25, 0.3) is 0 Å². The monoisotopic (exact) mass is 190 g/mol. The molecule has 1 heterocycles. The molecule has 0 atom stereocenters. The van der Waals surface area contributed by atoms with Crippen molar-refractivity contribution in [1.82, 2.24) is 10.2 Å². The van der Waals surface area contributed by atoms with E-state index < -0.39 is 0 Å². The molecule has 72 valence electrons. The zero-order valence-corrected chi connectivity index (χ0v) is 7.66. The van der Waals surface area contributed by atoms with Gasteiger partial charge in [-0.25, -0.2) is 0 Å². The van der Waals surface area contributed by atoms with E-state index in [9.17, 15) is 4.79 Å². The number of carbonyl (C=O) groups excluding carboxylic acids is 1. The molecule has 1 amide bonds. The number of nitrogen functional groups attached to an aromatic ring is 1. The van der Waals surface area contributed by atoms with E-state index in [4.69, 9.17) is 5.73 Å². The van der Waals surface area contributed by atoms with E-state index in [0.29, 0.717) is 11.4 Å². The van der Waals surface area contributed by atoms with Crippen LogP contribution in [-0.2, 0) is 4.79 Å². The first-order valence-corrected chi connectivity index (χ1v) is 4.17. The molecule has 0 saturated carbocycles. The lowest BCUT2D eigenvalue weighted by Crippen LogP contribution is -2.06. The van der Waals surface area contributed by atoms with Crippen LogP contribution in [0.3, 0.4) is 0 Å². The maximum absolute atomic E-state index is 10.9. The van der Waals surface area contributed by atoms with E-state index >= 15 is 0 Å². The second-order valence-corrected chi connectivity index (χ2v) is 3.04. The molecule has 0 unspecified atom stereocenters. The van der Waals surface area contributed by atoms with Crippen LogP contribution in [0.25, 0.3) is 10.9 Å². The van der Waals surface area contributed by atoms with E-state index in [2.05, 4.69) is 15.5 Å². The van der Waals surface area contributed by atoms with Crippen molar-refractivity contribution >= 4 is 28.2 Å². The van der Waals surface area contributed by atoms with Crippen LogP contribution in [0.2, 0.25) is 0 Å². The minimum absolute atomic E-state index is 0.120. The SMILES string of the molecule is CC(=O)Nc1ccc(N)c2cn[nH]c12. The highest BCUT2D eigenvalue weighted by atomic mass is 16.1. The number of nitrogens with zero attached hydrogens (tertiary/aromatic N) is 1. The number of rotatable bonds is 1. The molecule has 0 aliphatic heterocycles. The van der Waals surface area contributed by atoms with Crippen LogP contribution < -0.4 is 11.1 Å². The number of fused-ring (bicyclic) bond motifs is 1. The largest absolute Gasteiger partial charge is 0.398 e. The molecule has 0 aliphatic rings. The molecule has 4 N–H and O–H groups in total. The maximum atomic E-state index is 10.9. The van der Waals surface area contributed by atoms with Crippen molar-refractivity contribution in [2.45, 2.75) is 6.92 Å². The summed E-state index contributed by atoms with van der Waals surface area (Å²) >= 11 is 0. The zero-order valence-electron chi connectivity index (χ0n) is 7.66. The Balaban J connectivity index is 2.60. The standard InChI is InChI=1S/C9H10N4O/c1-5(14)12-8-3-2-7(10)6-4-11-13-9(6)8/h2-4H,10H2,1H3,(H,11,13)(H,12,14). The zero-order chi connectivity index (χ0) is 10.1. The van der Waals surface area contributed by atoms with Gasteiger partial charge < -0.3 is 11.1 Å². The number of hydrogen-bond donors (Lipinski definition) is 3. The van der Waals surface area contributed by atoms with Gasteiger partial charge in [-0.3, -0.25) is 9.89 Å². The second kappa shape index (κ2) is 3.02. The molecule has 1 aromatic heterocycles. The fourth-order valence-electron chi connectivity index (χ4n) is 1.35. The second-order valence-electron chi connectivity index (χ2n) is 3.04. The molecular weight excluding hydrogens is 180 g/mol. The number of hydrogen-bond acceptors (Lipinski definition) is 3. The third kappa shape index (κ3) is 1.28. The number of H-pyrrole nitrogens is 1. The number of benzene rings is 1. The molecule has 0 aliphatic carbocycles. The van der Waals surface area contributed by atoms with Gasteiger partial charge in [0.15, 0.2) is 0 Å². The van der Waals surface area contributed by atoms with Crippen molar-refractivity contribution in [1.29, 1.82) is 0 Å². The summed E-state index contributed by atoms with van der Waals surface area (Å²) in [6, 6.07) is 3.49. The molecular formula is C9H10N4O. The first kappa shape index (κ1) is 8.55. The summed E-state index contributed by atoms with van der Waals surface area (Å²) in [5, 5.41) is 10.2. The van der Waals surface area contributed by atoms with Crippen LogP contribution in [-0.4, -0.2) is 16.1 Å². The minimum Gasteiger partial charge on any atom is -0.398 e. The van der Waals surface area contributed by atoms with Gasteiger partial charge in [-0.05, 0) is 12.1 Å². The fraction of sp³-hybridized carbons (Fsp3) is 0.111. The number of nitrogens with two attached hydrogens (primary N) is 1. The van der Waals surface area contributed by atoms with Crippen molar-refractivity contribution in [3.8, 4) is 0 Å². The summed E-state index contributed by atoms with van der Waals surface area (Å²) in [6.07, 6.45) is 1.63. The first-order valence-electron chi connectivity index (χ1n) is 4.17. The van der Waals surface area contributed by atoms with Crippen LogP contribution in [0.15, 0.2) is 18.3 Å². The highest BCUT2D eigenvalue weighted by Gasteiger charge is 2.06. The number of aromatic amines is 1. The smallest absolute Gasteiger partial charge is 0.221 e. The minimum atomic E-state index is -0.120. The van der Waals surface area contributed by atoms with E-state index in [1.54, 1.807) is 18.3 Å². The van der Waals surface area contributed by atoms with Gasteiger partial charge in [0.2, 0.25) is 5.91 Å². The number of amides is 1. The van der Waals surface area contributed by atoms with Crippen LogP contribution in [0, 0.1) is 0 Å². The molecule has 0 spiro atoms. The third-order valence-electron chi connectivity index (χ3n) is 1.96. The summed E-state index contributed by atoms with van der Waals surface area (Å²) < 4.78 is 0. The molecule has 14 heavy (non-hydrogen) atoms. The van der Waals surface area contributed by atoms with Crippen LogP contribution in [0.1, 0.15) is 6.92 Å². The van der Waals surface area contributed by atoms with Gasteiger partial charge in [0.05, 0.1) is 17.4 Å². The van der Waals surface area contributed by atoms with Gasteiger partial charge in [-0.1, -0.05) is 0 Å². The van der Waals surface area contributed by atoms with Crippen molar-refractivity contribution < 1.29 is 4.79 Å². The normalized spacial score (nSPS) is 10.4. The molecule has 5 heteroatoms. The van der Waals surface area contributed by atoms with Gasteiger partial charge in [0, 0.05) is 18.0 Å². The van der Waals surface area contributed by atoms with E-state index in [0.717, 1.165) is 10.9 Å². The van der Waals surface area contributed by atoms with Gasteiger partial charge in [-0.2, -0.15) is 5.10 Å². The molecule has 0 saturated heterocycles. The predicted molar refractivity (Wildman–Crippen MR) is 54.8 cm³/mol. The topological polar surface area (TPSA) is 83.8 Å². The number of nitrogens with one attached hydrogen (secondary N) is 2. The van der Waals surface area contributed by atoms with Crippen LogP contribution >= 0.6 is 0 Å². The lowest BCUT2D eigenvalue weighted by atomic mass is 10.2. The average Bonchev–Trinajstić information content (AvgIpc) is 2.58. The lowest BCUT2D eigenvalue weighted by molar-refractivity contribution is -0.114. The Kier molecular flexibility index (Phi) is 1.85. The summed E-state index contributed by atoms with van der Waals surface area (Å²) in [5.41, 5.74) is 7.81. The van der Waals surface area contributed by atoms with Crippen molar-refractivity contribution in [2.24, 2.45) is 0 Å². The summed E-state index contributed by atoms with van der Waals surface area (Å²) in [7, 11) is 0. The van der Waals surface area contributed by atoms with Crippen molar-refractivity contribution in [3.63, 3.8) is 0 Å². The lowest BCUT2D eigenvalue weighted by Gasteiger charge is -2.04. The van der Waals surface area contributed by atoms with E-state index in [1.807, 2.05) is 0 Å². The highest BCUT2D eigenvalue weighted by molar-refractivity contribution is 6.03. The predicted octanol–water partition coefficient (Wildman–Crippen LogP) is 1.10. The third-order valence-corrected chi connectivity index (χ3v) is 1.96. The Bertz CT molecular complexity index is 489. The Morgan fingerprint density at radius 3 is 3.07 bits per heavy atom. The van der Waals surface area contributed by atoms with Crippen LogP contribution in [0.4, 0.5) is 11.4 Å². The summed E-state index contributed by atoms with van der Waals surface area (Å²) in [5.74, 6) is -0.120. The van der Waals surface area contributed by atoms with E-state index in [-0.39, 0.29) is 5.91 Å². The van der Waals surface area contributed by atoms with Gasteiger partial charge in [-0.15, -0.1) is 0 Å². The Morgan fingerprint density at radius 2 is 2.36 bits per heavy atom. The number of anilines is 2. The summed E-state index contributed by atoms with van der Waals surface area (Å²) in [6.45, 7) is 1.46. The van der Waals surface area contributed by atoms with Crippen molar-refractivity contribution in [2.75, 3.05) is 11.1 Å².